The fourth-order valence-corrected chi connectivity index (χ4v) is 2.99. The molecule has 1 aliphatic carbocycles. The quantitative estimate of drug-likeness (QED) is 0.653. The van der Waals surface area contributed by atoms with Gasteiger partial charge in [0.25, 0.3) is 0 Å². The summed E-state index contributed by atoms with van der Waals surface area (Å²) in [7, 11) is 0. The Balaban J connectivity index is 2.72. The highest BCUT2D eigenvalue weighted by Crippen LogP contribution is 2.43. The minimum absolute atomic E-state index is 0.0138. The van der Waals surface area contributed by atoms with Gasteiger partial charge in [-0.25, -0.2) is 0 Å². The van der Waals surface area contributed by atoms with E-state index in [9.17, 15) is 0 Å². The predicted octanol–water partition coefficient (Wildman–Crippen LogP) is 1.88. The highest BCUT2D eigenvalue weighted by molar-refractivity contribution is 4.96. The molecule has 2 heteroatoms. The number of hydrogen-bond donors (Lipinski definition) is 2. The van der Waals surface area contributed by atoms with E-state index in [1.807, 2.05) is 0 Å². The monoisotopic (exact) mass is 184 g/mol. The van der Waals surface area contributed by atoms with Crippen LogP contribution >= 0.6 is 0 Å². The van der Waals surface area contributed by atoms with Crippen LogP contribution in [0.2, 0.25) is 0 Å². The average Bonchev–Trinajstić information content (AvgIpc) is 1.79. The maximum atomic E-state index is 6.23. The van der Waals surface area contributed by atoms with Gasteiger partial charge >= 0.3 is 0 Å². The third-order valence-electron chi connectivity index (χ3n) is 3.17. The lowest BCUT2D eigenvalue weighted by molar-refractivity contribution is 0.0992. The zero-order valence-electron chi connectivity index (χ0n) is 9.43. The highest BCUT2D eigenvalue weighted by Gasteiger charge is 2.39. The maximum Gasteiger partial charge on any atom is 0.0134 e. The lowest BCUT2D eigenvalue weighted by Crippen LogP contribution is -2.50. The van der Waals surface area contributed by atoms with Crippen molar-refractivity contribution in [2.24, 2.45) is 22.8 Å². The Morgan fingerprint density at radius 1 is 1.23 bits per heavy atom. The van der Waals surface area contributed by atoms with Crippen molar-refractivity contribution in [3.8, 4) is 0 Å². The molecule has 13 heavy (non-hydrogen) atoms. The lowest BCUT2D eigenvalue weighted by atomic mass is 9.63. The molecule has 0 bridgehead atoms. The van der Waals surface area contributed by atoms with Crippen LogP contribution in [0.15, 0.2) is 0 Å². The molecule has 2 nitrogen and oxygen atoms in total. The second-order valence-corrected chi connectivity index (χ2v) is 6.02. The molecule has 4 N–H and O–H groups in total. The molecule has 3 atom stereocenters. The van der Waals surface area contributed by atoms with Gasteiger partial charge in [0.05, 0.1) is 0 Å². The van der Waals surface area contributed by atoms with E-state index in [0.29, 0.717) is 11.3 Å². The molecule has 1 fully saturated rings. The van der Waals surface area contributed by atoms with Crippen molar-refractivity contribution in [2.45, 2.75) is 58.5 Å². The van der Waals surface area contributed by atoms with Crippen LogP contribution in [0.3, 0.4) is 0 Å². The largest absolute Gasteiger partial charge is 0.328 e. The topological polar surface area (TPSA) is 52.0 Å². The van der Waals surface area contributed by atoms with E-state index in [4.69, 9.17) is 11.5 Å². The second kappa shape index (κ2) is 3.25. The minimum atomic E-state index is -0.0138. The van der Waals surface area contributed by atoms with Crippen LogP contribution in [-0.4, -0.2) is 11.6 Å². The summed E-state index contributed by atoms with van der Waals surface area (Å²) in [6, 6.07) is 0.280. The lowest BCUT2D eigenvalue weighted by Gasteiger charge is -2.46. The van der Waals surface area contributed by atoms with E-state index in [-0.39, 0.29) is 11.6 Å². The van der Waals surface area contributed by atoms with Crippen LogP contribution in [0.25, 0.3) is 0 Å². The van der Waals surface area contributed by atoms with Crippen LogP contribution in [0, 0.1) is 11.3 Å². The van der Waals surface area contributed by atoms with E-state index in [1.165, 1.54) is 6.42 Å². The van der Waals surface area contributed by atoms with Gasteiger partial charge in [0.2, 0.25) is 0 Å². The van der Waals surface area contributed by atoms with Crippen LogP contribution < -0.4 is 11.5 Å². The van der Waals surface area contributed by atoms with Gasteiger partial charge in [0.15, 0.2) is 0 Å². The summed E-state index contributed by atoms with van der Waals surface area (Å²) in [6.45, 7) is 8.85. The summed E-state index contributed by atoms with van der Waals surface area (Å²) in [6.07, 6.45) is 3.41. The van der Waals surface area contributed by atoms with Gasteiger partial charge in [-0.1, -0.05) is 13.8 Å². The molecule has 3 unspecified atom stereocenters. The Morgan fingerprint density at radius 3 is 2.15 bits per heavy atom. The summed E-state index contributed by atoms with van der Waals surface area (Å²) in [5.74, 6) is 0.596. The van der Waals surface area contributed by atoms with Gasteiger partial charge in [0, 0.05) is 11.6 Å². The van der Waals surface area contributed by atoms with Crippen LogP contribution in [0.5, 0.6) is 0 Å². The molecule has 1 aliphatic rings. The van der Waals surface area contributed by atoms with Crippen molar-refractivity contribution >= 4 is 0 Å². The molecular weight excluding hydrogens is 160 g/mol. The number of rotatable bonds is 1. The minimum Gasteiger partial charge on any atom is -0.328 e. The Bertz CT molecular complexity index is 167. The smallest absolute Gasteiger partial charge is 0.0134 e. The van der Waals surface area contributed by atoms with Crippen molar-refractivity contribution in [1.82, 2.24) is 0 Å². The molecule has 78 valence electrons. The van der Waals surface area contributed by atoms with Gasteiger partial charge < -0.3 is 11.5 Å². The molecule has 0 aromatic carbocycles. The van der Waals surface area contributed by atoms with E-state index < -0.39 is 0 Å². The Kier molecular flexibility index (Phi) is 2.75. The van der Waals surface area contributed by atoms with Gasteiger partial charge in [-0.3, -0.25) is 0 Å². The van der Waals surface area contributed by atoms with Gasteiger partial charge in [-0.2, -0.15) is 0 Å². The SMILES string of the molecule is CC(N)C1CC(C)(C)CC(C)(N)C1. The second-order valence-electron chi connectivity index (χ2n) is 6.02. The van der Waals surface area contributed by atoms with E-state index in [2.05, 4.69) is 27.7 Å². The van der Waals surface area contributed by atoms with Gasteiger partial charge in [-0.15, -0.1) is 0 Å². The summed E-state index contributed by atoms with van der Waals surface area (Å²) in [4.78, 5) is 0. The van der Waals surface area contributed by atoms with Gasteiger partial charge in [-0.05, 0) is 44.4 Å². The first-order valence-electron chi connectivity index (χ1n) is 5.26. The average molecular weight is 184 g/mol. The zero-order chi connectivity index (χ0) is 10.3. The van der Waals surface area contributed by atoms with Gasteiger partial charge in [0.1, 0.15) is 0 Å². The number of hydrogen-bond acceptors (Lipinski definition) is 2. The molecule has 0 heterocycles. The highest BCUT2D eigenvalue weighted by atomic mass is 14.8. The molecule has 0 aliphatic heterocycles. The number of nitrogens with two attached hydrogens (primary N) is 2. The Morgan fingerprint density at radius 2 is 1.77 bits per heavy atom. The molecule has 0 spiro atoms. The summed E-state index contributed by atoms with van der Waals surface area (Å²) >= 11 is 0. The summed E-state index contributed by atoms with van der Waals surface area (Å²) in [5, 5.41) is 0. The van der Waals surface area contributed by atoms with E-state index in [1.54, 1.807) is 0 Å². The first-order valence-corrected chi connectivity index (χ1v) is 5.26. The predicted molar refractivity (Wildman–Crippen MR) is 57.4 cm³/mol. The third-order valence-corrected chi connectivity index (χ3v) is 3.17. The van der Waals surface area contributed by atoms with Crippen molar-refractivity contribution in [2.75, 3.05) is 0 Å². The van der Waals surface area contributed by atoms with Crippen molar-refractivity contribution in [3.05, 3.63) is 0 Å². The Hall–Kier alpha value is -0.0800. The maximum absolute atomic E-state index is 6.23. The fourth-order valence-electron chi connectivity index (χ4n) is 2.99. The Labute approximate surface area is 82.1 Å². The molecule has 0 amide bonds. The molecule has 0 radical (unpaired) electrons. The molecule has 0 saturated heterocycles. The fraction of sp³-hybridized carbons (Fsp3) is 1.00. The van der Waals surface area contributed by atoms with E-state index in [0.717, 1.165) is 12.8 Å². The molecule has 1 saturated carbocycles. The first kappa shape index (κ1) is 11.0. The molecular formula is C11H24N2. The van der Waals surface area contributed by atoms with Crippen molar-refractivity contribution < 1.29 is 0 Å². The standard InChI is InChI=1S/C11H24N2/c1-8(12)9-5-10(2,3)7-11(4,13)6-9/h8-9H,5-7,12-13H2,1-4H3. The van der Waals surface area contributed by atoms with Crippen LogP contribution in [-0.2, 0) is 0 Å². The van der Waals surface area contributed by atoms with Crippen molar-refractivity contribution in [3.63, 3.8) is 0 Å². The molecule has 0 aromatic rings. The first-order chi connectivity index (χ1) is 5.72. The van der Waals surface area contributed by atoms with Crippen LogP contribution in [0.4, 0.5) is 0 Å². The molecule has 0 aromatic heterocycles. The van der Waals surface area contributed by atoms with Crippen LogP contribution in [0.1, 0.15) is 47.0 Å². The van der Waals surface area contributed by atoms with Crippen molar-refractivity contribution in [1.29, 1.82) is 0 Å². The summed E-state index contributed by atoms with van der Waals surface area (Å²) in [5.41, 5.74) is 12.5. The normalized spacial score (nSPS) is 41.5. The summed E-state index contributed by atoms with van der Waals surface area (Å²) < 4.78 is 0. The third kappa shape index (κ3) is 2.96. The van der Waals surface area contributed by atoms with E-state index >= 15 is 0 Å². The zero-order valence-corrected chi connectivity index (χ0v) is 9.43. The molecule has 1 rings (SSSR count).